The van der Waals surface area contributed by atoms with Crippen LogP contribution in [-0.2, 0) is 5.41 Å². The van der Waals surface area contributed by atoms with Crippen LogP contribution in [0.2, 0.25) is 0 Å². The summed E-state index contributed by atoms with van der Waals surface area (Å²) in [5.41, 5.74) is 8.15. The van der Waals surface area contributed by atoms with Gasteiger partial charge in [-0.15, -0.1) is 0 Å². The van der Waals surface area contributed by atoms with Gasteiger partial charge in [0.1, 0.15) is 5.75 Å². The van der Waals surface area contributed by atoms with Gasteiger partial charge in [-0.1, -0.05) is 32.9 Å². The van der Waals surface area contributed by atoms with Crippen LogP contribution in [0.1, 0.15) is 45.2 Å². The molecular weight excluding hydrogens is 210 g/mol. The minimum absolute atomic E-state index is 0.103. The van der Waals surface area contributed by atoms with Crippen molar-refractivity contribution < 1.29 is 4.74 Å². The van der Waals surface area contributed by atoms with E-state index >= 15 is 0 Å². The first kappa shape index (κ1) is 14.0. The highest BCUT2D eigenvalue weighted by Gasteiger charge is 2.19. The lowest BCUT2D eigenvalue weighted by molar-refractivity contribution is 0.209. The fraction of sp³-hybridized carbons (Fsp3) is 0.600. The van der Waals surface area contributed by atoms with E-state index in [1.165, 1.54) is 11.1 Å². The molecule has 1 aromatic carbocycles. The van der Waals surface area contributed by atoms with Crippen LogP contribution in [0.15, 0.2) is 18.2 Å². The molecule has 1 rings (SSSR count). The smallest absolute Gasteiger partial charge is 0.123 e. The first-order chi connectivity index (χ1) is 7.84. The zero-order valence-corrected chi connectivity index (χ0v) is 11.7. The molecule has 1 aromatic rings. The largest absolute Gasteiger partial charge is 0.490 e. The van der Waals surface area contributed by atoms with Gasteiger partial charge in [0.15, 0.2) is 0 Å². The van der Waals surface area contributed by atoms with Gasteiger partial charge in [-0.25, -0.2) is 0 Å². The lowest BCUT2D eigenvalue weighted by Crippen LogP contribution is -2.20. The molecule has 0 amide bonds. The fourth-order valence-electron chi connectivity index (χ4n) is 1.86. The Labute approximate surface area is 105 Å². The van der Waals surface area contributed by atoms with Gasteiger partial charge in [0, 0.05) is 0 Å². The average molecular weight is 235 g/mol. The number of hydrogen-bond donors (Lipinski definition) is 1. The highest BCUT2D eigenvalue weighted by molar-refractivity contribution is 5.41. The molecule has 0 aliphatic heterocycles. The van der Waals surface area contributed by atoms with Crippen molar-refractivity contribution in [2.24, 2.45) is 5.73 Å². The monoisotopic (exact) mass is 235 g/mol. The van der Waals surface area contributed by atoms with Crippen molar-refractivity contribution in [3.8, 4) is 5.75 Å². The standard InChI is InChI=1S/C15H25NO/c1-11-6-7-13(15(3,4)5)14(10-11)17-12(2)8-9-16/h6-7,10,12H,8-9,16H2,1-5H3. The van der Waals surface area contributed by atoms with Crippen LogP contribution >= 0.6 is 0 Å². The predicted molar refractivity (Wildman–Crippen MR) is 73.6 cm³/mol. The summed E-state index contributed by atoms with van der Waals surface area (Å²) in [6, 6.07) is 6.43. The Bertz CT molecular complexity index is 366. The van der Waals surface area contributed by atoms with Crippen LogP contribution in [-0.4, -0.2) is 12.6 Å². The zero-order valence-electron chi connectivity index (χ0n) is 11.7. The van der Waals surface area contributed by atoms with Crippen molar-refractivity contribution in [1.82, 2.24) is 0 Å². The molecule has 0 saturated carbocycles. The molecule has 1 unspecified atom stereocenters. The van der Waals surface area contributed by atoms with Crippen molar-refractivity contribution in [2.75, 3.05) is 6.54 Å². The summed E-state index contributed by atoms with van der Waals surface area (Å²) in [6.07, 6.45) is 1.06. The van der Waals surface area contributed by atoms with Crippen LogP contribution < -0.4 is 10.5 Å². The summed E-state index contributed by atoms with van der Waals surface area (Å²) >= 11 is 0. The van der Waals surface area contributed by atoms with Gasteiger partial charge in [0.05, 0.1) is 6.10 Å². The highest BCUT2D eigenvalue weighted by Crippen LogP contribution is 2.32. The highest BCUT2D eigenvalue weighted by atomic mass is 16.5. The summed E-state index contributed by atoms with van der Waals surface area (Å²) in [5.74, 6) is 0.999. The summed E-state index contributed by atoms with van der Waals surface area (Å²) in [5, 5.41) is 0. The number of benzene rings is 1. The van der Waals surface area contributed by atoms with Crippen molar-refractivity contribution in [1.29, 1.82) is 0 Å². The van der Waals surface area contributed by atoms with Gasteiger partial charge in [0.25, 0.3) is 0 Å². The number of aryl methyl sites for hydroxylation is 1. The molecule has 17 heavy (non-hydrogen) atoms. The van der Waals surface area contributed by atoms with E-state index in [9.17, 15) is 0 Å². The summed E-state index contributed by atoms with van der Waals surface area (Å²) in [6.45, 7) is 11.4. The molecule has 1 atom stereocenters. The maximum absolute atomic E-state index is 6.01. The van der Waals surface area contributed by atoms with Gasteiger partial charge in [-0.2, -0.15) is 0 Å². The molecule has 0 spiro atoms. The van der Waals surface area contributed by atoms with E-state index in [0.717, 1.165) is 12.2 Å². The number of ether oxygens (including phenoxy) is 1. The second kappa shape index (κ2) is 5.54. The summed E-state index contributed by atoms with van der Waals surface area (Å²) < 4.78 is 6.01. The normalized spacial score (nSPS) is 13.5. The molecule has 0 aromatic heterocycles. The van der Waals surface area contributed by atoms with Crippen LogP contribution in [0.3, 0.4) is 0 Å². The van der Waals surface area contributed by atoms with E-state index in [2.05, 4.69) is 52.8 Å². The Morgan fingerprint density at radius 2 is 1.94 bits per heavy atom. The number of nitrogens with two attached hydrogens (primary N) is 1. The minimum atomic E-state index is 0.103. The lowest BCUT2D eigenvalue weighted by Gasteiger charge is -2.25. The maximum atomic E-state index is 6.01. The minimum Gasteiger partial charge on any atom is -0.490 e. The van der Waals surface area contributed by atoms with Gasteiger partial charge in [-0.3, -0.25) is 0 Å². The van der Waals surface area contributed by atoms with E-state index in [1.807, 2.05) is 0 Å². The van der Waals surface area contributed by atoms with Crippen molar-refractivity contribution in [3.05, 3.63) is 29.3 Å². The zero-order chi connectivity index (χ0) is 13.1. The van der Waals surface area contributed by atoms with Crippen LogP contribution in [0.25, 0.3) is 0 Å². The molecule has 0 fully saturated rings. The molecule has 2 heteroatoms. The predicted octanol–water partition coefficient (Wildman–Crippen LogP) is 3.41. The van der Waals surface area contributed by atoms with Crippen LogP contribution in [0.5, 0.6) is 5.75 Å². The molecule has 96 valence electrons. The topological polar surface area (TPSA) is 35.2 Å². The second-order valence-electron chi connectivity index (χ2n) is 5.76. The van der Waals surface area contributed by atoms with Crippen molar-refractivity contribution in [3.63, 3.8) is 0 Å². The maximum Gasteiger partial charge on any atom is 0.123 e. The quantitative estimate of drug-likeness (QED) is 0.868. The summed E-state index contributed by atoms with van der Waals surface area (Å²) in [4.78, 5) is 0. The molecule has 0 heterocycles. The number of rotatable bonds is 4. The van der Waals surface area contributed by atoms with Gasteiger partial charge < -0.3 is 10.5 Å². The van der Waals surface area contributed by atoms with E-state index in [4.69, 9.17) is 10.5 Å². The Morgan fingerprint density at radius 1 is 1.29 bits per heavy atom. The Morgan fingerprint density at radius 3 is 2.47 bits per heavy atom. The molecule has 0 aliphatic carbocycles. The van der Waals surface area contributed by atoms with Gasteiger partial charge >= 0.3 is 0 Å². The average Bonchev–Trinajstić information content (AvgIpc) is 2.15. The molecule has 0 aliphatic rings. The Hall–Kier alpha value is -1.02. The third-order valence-electron chi connectivity index (χ3n) is 2.85. The SMILES string of the molecule is Cc1ccc(C(C)(C)C)c(OC(C)CCN)c1. The van der Waals surface area contributed by atoms with Crippen molar-refractivity contribution >= 4 is 0 Å². The third kappa shape index (κ3) is 4.04. The molecular formula is C15H25NO. The van der Waals surface area contributed by atoms with Crippen molar-refractivity contribution in [2.45, 2.75) is 52.6 Å². The van der Waals surface area contributed by atoms with E-state index in [0.29, 0.717) is 6.54 Å². The molecule has 0 saturated heterocycles. The molecule has 0 bridgehead atoms. The Kier molecular flexibility index (Phi) is 4.58. The fourth-order valence-corrected chi connectivity index (χ4v) is 1.86. The first-order valence-corrected chi connectivity index (χ1v) is 6.32. The Balaban J connectivity index is 2.99. The molecule has 2 N–H and O–H groups in total. The lowest BCUT2D eigenvalue weighted by atomic mass is 9.86. The van der Waals surface area contributed by atoms with E-state index in [1.54, 1.807) is 0 Å². The second-order valence-corrected chi connectivity index (χ2v) is 5.76. The van der Waals surface area contributed by atoms with E-state index < -0.39 is 0 Å². The molecule has 2 nitrogen and oxygen atoms in total. The third-order valence-corrected chi connectivity index (χ3v) is 2.85. The first-order valence-electron chi connectivity index (χ1n) is 6.32. The van der Waals surface area contributed by atoms with Gasteiger partial charge in [0.2, 0.25) is 0 Å². The van der Waals surface area contributed by atoms with Gasteiger partial charge in [-0.05, 0) is 49.4 Å². The van der Waals surface area contributed by atoms with E-state index in [-0.39, 0.29) is 11.5 Å². The number of hydrogen-bond acceptors (Lipinski definition) is 2. The van der Waals surface area contributed by atoms with Crippen LogP contribution in [0.4, 0.5) is 0 Å². The van der Waals surface area contributed by atoms with Crippen LogP contribution in [0, 0.1) is 6.92 Å². The summed E-state index contributed by atoms with van der Waals surface area (Å²) in [7, 11) is 0. The molecule has 0 radical (unpaired) electrons.